The second kappa shape index (κ2) is 8.11. The maximum absolute atomic E-state index is 12.5. The van der Waals surface area contributed by atoms with Gasteiger partial charge in [0, 0.05) is 19.6 Å². The van der Waals surface area contributed by atoms with E-state index in [0.717, 1.165) is 5.56 Å². The molecule has 0 bridgehead atoms. The average Bonchev–Trinajstić information content (AvgIpc) is 2.83. The Kier molecular flexibility index (Phi) is 6.15. The maximum Gasteiger partial charge on any atom is 0.290 e. The lowest BCUT2D eigenvalue weighted by Gasteiger charge is -2.27. The van der Waals surface area contributed by atoms with Crippen molar-refractivity contribution in [2.45, 2.75) is 45.8 Å². The third-order valence-corrected chi connectivity index (χ3v) is 4.04. The maximum atomic E-state index is 12.5. The van der Waals surface area contributed by atoms with Crippen molar-refractivity contribution < 1.29 is 19.4 Å². The van der Waals surface area contributed by atoms with E-state index >= 15 is 0 Å². The molecule has 1 amide bonds. The minimum absolute atomic E-state index is 0.132. The molecule has 1 aliphatic heterocycles. The molecule has 1 unspecified atom stereocenters. The molecule has 0 fully saturated rings. The Morgan fingerprint density at radius 2 is 1.96 bits per heavy atom. The Balaban J connectivity index is 2.26. The third kappa shape index (κ3) is 3.85. The molecule has 5 nitrogen and oxygen atoms in total. The highest BCUT2D eigenvalue weighted by molar-refractivity contribution is 6.08. The summed E-state index contributed by atoms with van der Waals surface area (Å²) in [6.45, 7) is 6.60. The number of hydrogen-bond donors (Lipinski definition) is 1. The van der Waals surface area contributed by atoms with E-state index in [0.29, 0.717) is 19.6 Å². The Hall–Kier alpha value is -2.14. The number of ether oxygens (including phenoxy) is 1. The summed E-state index contributed by atoms with van der Waals surface area (Å²) < 4.78 is 5.52. The fourth-order valence-electron chi connectivity index (χ4n) is 2.90. The van der Waals surface area contributed by atoms with Crippen molar-refractivity contribution >= 4 is 11.7 Å². The number of rotatable bonds is 8. The highest BCUT2D eigenvalue weighted by Crippen LogP contribution is 2.38. The number of nitrogens with zero attached hydrogens (tertiary/aromatic N) is 1. The minimum atomic E-state index is -0.523. The summed E-state index contributed by atoms with van der Waals surface area (Å²) in [7, 11) is 0. The van der Waals surface area contributed by atoms with Gasteiger partial charge in [0.25, 0.3) is 5.91 Å². The van der Waals surface area contributed by atoms with Gasteiger partial charge in [-0.25, -0.2) is 0 Å². The molecule has 0 saturated heterocycles. The van der Waals surface area contributed by atoms with Gasteiger partial charge in [0.1, 0.15) is 0 Å². The van der Waals surface area contributed by atoms with Crippen molar-refractivity contribution in [2.24, 2.45) is 0 Å². The zero-order valence-corrected chi connectivity index (χ0v) is 14.5. The van der Waals surface area contributed by atoms with Gasteiger partial charge < -0.3 is 14.7 Å². The fourth-order valence-corrected chi connectivity index (χ4v) is 2.90. The molecular weight excluding hydrogens is 306 g/mol. The highest BCUT2D eigenvalue weighted by Gasteiger charge is 2.42. The van der Waals surface area contributed by atoms with Crippen LogP contribution in [0.2, 0.25) is 0 Å². The van der Waals surface area contributed by atoms with Crippen molar-refractivity contribution in [2.75, 3.05) is 13.2 Å². The zero-order chi connectivity index (χ0) is 17.7. The summed E-state index contributed by atoms with van der Waals surface area (Å²) in [5.41, 5.74) is 1.04. The first-order valence-electron chi connectivity index (χ1n) is 8.41. The Labute approximate surface area is 142 Å². The number of Topliss-reactive ketones (excluding diaryl/α,β-unsaturated/α-hetero) is 1. The van der Waals surface area contributed by atoms with Crippen LogP contribution in [0.5, 0.6) is 0 Å². The topological polar surface area (TPSA) is 66.8 Å². The number of carbonyl (C=O) groups is 2. The van der Waals surface area contributed by atoms with Crippen molar-refractivity contribution in [1.29, 1.82) is 0 Å². The van der Waals surface area contributed by atoms with Crippen molar-refractivity contribution in [3.05, 3.63) is 47.2 Å². The van der Waals surface area contributed by atoms with Gasteiger partial charge in [-0.3, -0.25) is 9.59 Å². The lowest BCUT2D eigenvalue weighted by atomic mass is 9.95. The van der Waals surface area contributed by atoms with Gasteiger partial charge in [-0.05, 0) is 25.8 Å². The smallest absolute Gasteiger partial charge is 0.290 e. The summed E-state index contributed by atoms with van der Waals surface area (Å²) in [6, 6.07) is 8.83. The number of aliphatic hydroxyl groups excluding tert-OH is 1. The normalized spacial score (nSPS) is 17.9. The summed E-state index contributed by atoms with van der Waals surface area (Å²) >= 11 is 0. The molecule has 2 rings (SSSR count). The second-order valence-electron chi connectivity index (χ2n) is 6.12. The number of carbonyl (C=O) groups excluding carboxylic acids is 2. The molecule has 0 aliphatic carbocycles. The van der Waals surface area contributed by atoms with Gasteiger partial charge >= 0.3 is 0 Å². The Morgan fingerprint density at radius 3 is 2.54 bits per heavy atom. The molecule has 1 aliphatic rings. The number of benzene rings is 1. The SMILES string of the molecule is CCC(=O)C1=C(O)C(=O)N(CCCOC(C)C)C1c1ccccc1. The quantitative estimate of drug-likeness (QED) is 0.743. The van der Waals surface area contributed by atoms with Gasteiger partial charge in [0.2, 0.25) is 0 Å². The number of ketones is 1. The van der Waals surface area contributed by atoms with E-state index in [1.54, 1.807) is 11.8 Å². The van der Waals surface area contributed by atoms with Crippen LogP contribution in [-0.4, -0.2) is 41.0 Å². The largest absolute Gasteiger partial charge is 0.503 e. The van der Waals surface area contributed by atoms with E-state index < -0.39 is 17.7 Å². The monoisotopic (exact) mass is 331 g/mol. The third-order valence-electron chi connectivity index (χ3n) is 4.04. The van der Waals surface area contributed by atoms with Crippen LogP contribution in [0, 0.1) is 0 Å². The summed E-state index contributed by atoms with van der Waals surface area (Å²) in [5.74, 6) is -1.10. The number of aliphatic hydroxyl groups is 1. The van der Waals surface area contributed by atoms with Crippen LogP contribution in [0.1, 0.15) is 45.2 Å². The van der Waals surface area contributed by atoms with Crippen molar-refractivity contribution in [3.8, 4) is 0 Å². The molecule has 24 heavy (non-hydrogen) atoms. The first-order valence-corrected chi connectivity index (χ1v) is 8.41. The Bertz CT molecular complexity index is 622. The lowest BCUT2D eigenvalue weighted by Crippen LogP contribution is -2.32. The fraction of sp³-hybridized carbons (Fsp3) is 0.474. The van der Waals surface area contributed by atoms with Gasteiger partial charge in [0.05, 0.1) is 17.7 Å². The molecule has 0 radical (unpaired) electrons. The summed E-state index contributed by atoms with van der Waals surface area (Å²) in [5, 5.41) is 10.2. The zero-order valence-electron chi connectivity index (χ0n) is 14.5. The molecule has 0 aromatic heterocycles. The standard InChI is InChI=1S/C19H25NO4/c1-4-15(21)16-17(14-9-6-5-7-10-14)20(19(23)18(16)22)11-8-12-24-13(2)3/h5-7,9-10,13,17,22H,4,8,11-12H2,1-3H3. The Morgan fingerprint density at radius 1 is 1.29 bits per heavy atom. The van der Waals surface area contributed by atoms with E-state index in [1.807, 2.05) is 44.2 Å². The molecule has 1 aromatic rings. The predicted octanol–water partition coefficient (Wildman–Crippen LogP) is 3.18. The first-order chi connectivity index (χ1) is 11.5. The van der Waals surface area contributed by atoms with Crippen LogP contribution in [0.3, 0.4) is 0 Å². The molecule has 0 saturated carbocycles. The predicted molar refractivity (Wildman–Crippen MR) is 91.6 cm³/mol. The van der Waals surface area contributed by atoms with Crippen LogP contribution < -0.4 is 0 Å². The second-order valence-corrected chi connectivity index (χ2v) is 6.12. The summed E-state index contributed by atoms with van der Waals surface area (Å²) in [6.07, 6.45) is 1.03. The lowest BCUT2D eigenvalue weighted by molar-refractivity contribution is -0.129. The van der Waals surface area contributed by atoms with Crippen LogP contribution >= 0.6 is 0 Å². The first kappa shape index (κ1) is 18.2. The average molecular weight is 331 g/mol. The molecule has 0 spiro atoms. The summed E-state index contributed by atoms with van der Waals surface area (Å²) in [4.78, 5) is 26.3. The number of hydrogen-bond acceptors (Lipinski definition) is 4. The van der Waals surface area contributed by atoms with Crippen LogP contribution in [0.4, 0.5) is 0 Å². The molecule has 5 heteroatoms. The van der Waals surface area contributed by atoms with Crippen LogP contribution in [-0.2, 0) is 14.3 Å². The number of amides is 1. The molecule has 1 heterocycles. The molecular formula is C19H25NO4. The highest BCUT2D eigenvalue weighted by atomic mass is 16.5. The van der Waals surface area contributed by atoms with Crippen molar-refractivity contribution in [1.82, 2.24) is 4.90 Å². The van der Waals surface area contributed by atoms with E-state index in [2.05, 4.69) is 0 Å². The molecule has 1 atom stereocenters. The van der Waals surface area contributed by atoms with Crippen LogP contribution in [0.15, 0.2) is 41.7 Å². The molecule has 130 valence electrons. The van der Waals surface area contributed by atoms with E-state index in [9.17, 15) is 14.7 Å². The molecule has 1 aromatic carbocycles. The minimum Gasteiger partial charge on any atom is -0.503 e. The van der Waals surface area contributed by atoms with Gasteiger partial charge in [-0.1, -0.05) is 37.3 Å². The molecule has 1 N–H and O–H groups in total. The van der Waals surface area contributed by atoms with E-state index in [4.69, 9.17) is 4.74 Å². The van der Waals surface area contributed by atoms with Crippen molar-refractivity contribution in [3.63, 3.8) is 0 Å². The van der Waals surface area contributed by atoms with Crippen LogP contribution in [0.25, 0.3) is 0 Å². The van der Waals surface area contributed by atoms with Gasteiger partial charge in [-0.2, -0.15) is 0 Å². The van der Waals surface area contributed by atoms with Gasteiger partial charge in [0.15, 0.2) is 11.5 Å². The van der Waals surface area contributed by atoms with Gasteiger partial charge in [-0.15, -0.1) is 0 Å². The van der Waals surface area contributed by atoms with E-state index in [-0.39, 0.29) is 23.9 Å². The van der Waals surface area contributed by atoms with E-state index in [1.165, 1.54) is 0 Å².